The van der Waals surface area contributed by atoms with Gasteiger partial charge in [-0.3, -0.25) is 0 Å². The van der Waals surface area contributed by atoms with Gasteiger partial charge in [0.2, 0.25) is 10.0 Å². The summed E-state index contributed by atoms with van der Waals surface area (Å²) in [7, 11) is 0.189. The van der Waals surface area contributed by atoms with Crippen LogP contribution in [0.1, 0.15) is 30.6 Å². The highest BCUT2D eigenvalue weighted by Gasteiger charge is 2.56. The Kier molecular flexibility index (Phi) is 5.43. The monoisotopic (exact) mass is 450 g/mol. The Hall–Kier alpha value is -2.30. The molecular weight excluding hydrogens is 420 g/mol. The fraction of sp³-hybridized carbons (Fsp3) is 0.571. The summed E-state index contributed by atoms with van der Waals surface area (Å²) in [5.41, 5.74) is 2.26. The lowest BCUT2D eigenvalue weighted by molar-refractivity contribution is 0.0497. The molecule has 2 aliphatic heterocycles. The standard InChI is InChI=1S/C21H30N4O5S/c1-5-8-22-20(27)25-13-21(11-24(12-21)31(4,28)29)18-15-7-6-14(30-3)9-16(15)23(2)19(18)17(25)10-26/h6-7,9,17,26H,5,8,10-13H2,1-4H3,(H,22,27)/t17-/m1/s1. The molecule has 0 unspecified atom stereocenters. The first-order valence-electron chi connectivity index (χ1n) is 10.4. The Morgan fingerprint density at radius 1 is 1.32 bits per heavy atom. The summed E-state index contributed by atoms with van der Waals surface area (Å²) in [5, 5.41) is 14.2. The van der Waals surface area contributed by atoms with Crippen LogP contribution in [0.25, 0.3) is 10.9 Å². The number of aliphatic hydroxyl groups excluding tert-OH is 1. The lowest BCUT2D eigenvalue weighted by atomic mass is 9.70. The number of nitrogens with zero attached hydrogens (tertiary/aromatic N) is 3. The van der Waals surface area contributed by atoms with Gasteiger partial charge in [-0.15, -0.1) is 0 Å². The summed E-state index contributed by atoms with van der Waals surface area (Å²) in [6, 6.07) is 5.04. The first kappa shape index (κ1) is 21.9. The smallest absolute Gasteiger partial charge is 0.318 e. The number of sulfonamides is 1. The zero-order valence-electron chi connectivity index (χ0n) is 18.4. The van der Waals surface area contributed by atoms with E-state index in [1.165, 1.54) is 10.6 Å². The van der Waals surface area contributed by atoms with E-state index in [0.717, 1.165) is 28.6 Å². The van der Waals surface area contributed by atoms with Crippen molar-refractivity contribution in [3.05, 3.63) is 29.5 Å². The highest BCUT2D eigenvalue weighted by Crippen LogP contribution is 2.50. The predicted octanol–water partition coefficient (Wildman–Crippen LogP) is 1.17. The van der Waals surface area contributed by atoms with Gasteiger partial charge in [0.25, 0.3) is 0 Å². The Morgan fingerprint density at radius 2 is 2.03 bits per heavy atom. The molecule has 3 heterocycles. The van der Waals surface area contributed by atoms with Gasteiger partial charge in [0.05, 0.1) is 31.5 Å². The number of amides is 2. The summed E-state index contributed by atoms with van der Waals surface area (Å²) in [5.74, 6) is 0.712. The van der Waals surface area contributed by atoms with Crippen LogP contribution in [-0.4, -0.2) is 79.5 Å². The number of hydrogen-bond donors (Lipinski definition) is 2. The van der Waals surface area contributed by atoms with E-state index >= 15 is 0 Å². The lowest BCUT2D eigenvalue weighted by Gasteiger charge is -2.55. The van der Waals surface area contributed by atoms with Crippen molar-refractivity contribution in [2.24, 2.45) is 7.05 Å². The maximum atomic E-state index is 13.0. The molecule has 1 fully saturated rings. The lowest BCUT2D eigenvalue weighted by Crippen LogP contribution is -2.68. The van der Waals surface area contributed by atoms with Crippen LogP contribution in [0, 0.1) is 0 Å². The molecule has 31 heavy (non-hydrogen) atoms. The van der Waals surface area contributed by atoms with Crippen LogP contribution >= 0.6 is 0 Å². The number of urea groups is 1. The van der Waals surface area contributed by atoms with Crippen LogP contribution in [0.4, 0.5) is 4.79 Å². The number of methoxy groups -OCH3 is 1. The van der Waals surface area contributed by atoms with Crippen molar-refractivity contribution in [2.75, 3.05) is 46.2 Å². The van der Waals surface area contributed by atoms with Gasteiger partial charge in [0, 0.05) is 55.8 Å². The first-order chi connectivity index (χ1) is 14.7. The average Bonchev–Trinajstić information content (AvgIpc) is 3.01. The van der Waals surface area contributed by atoms with Gasteiger partial charge >= 0.3 is 6.03 Å². The average molecular weight is 451 g/mol. The van der Waals surface area contributed by atoms with Crippen molar-refractivity contribution in [3.8, 4) is 5.75 Å². The van der Waals surface area contributed by atoms with Crippen molar-refractivity contribution in [1.82, 2.24) is 19.1 Å². The Bertz CT molecular complexity index is 1120. The van der Waals surface area contributed by atoms with E-state index < -0.39 is 21.5 Å². The van der Waals surface area contributed by atoms with Crippen molar-refractivity contribution < 1.29 is 23.1 Å². The summed E-state index contributed by atoms with van der Waals surface area (Å²) in [6.07, 6.45) is 2.01. The molecule has 1 aromatic carbocycles. The number of aliphatic hydroxyl groups is 1. The second-order valence-corrected chi connectivity index (χ2v) is 10.6. The number of fused-ring (bicyclic) bond motifs is 4. The zero-order valence-corrected chi connectivity index (χ0v) is 19.2. The molecule has 9 nitrogen and oxygen atoms in total. The molecular formula is C21H30N4O5S. The van der Waals surface area contributed by atoms with E-state index in [4.69, 9.17) is 4.74 Å². The molecule has 1 spiro atoms. The summed E-state index contributed by atoms with van der Waals surface area (Å²) in [4.78, 5) is 14.7. The molecule has 0 aliphatic carbocycles. The molecule has 170 valence electrons. The maximum absolute atomic E-state index is 13.0. The SMILES string of the molecule is CCCNC(=O)N1CC2(CN(S(C)(=O)=O)C2)c2c(n(C)c3cc(OC)ccc23)[C@H]1CO. The number of benzene rings is 1. The number of aromatic nitrogens is 1. The van der Waals surface area contributed by atoms with Gasteiger partial charge in [-0.2, -0.15) is 0 Å². The minimum Gasteiger partial charge on any atom is -0.497 e. The highest BCUT2D eigenvalue weighted by molar-refractivity contribution is 7.88. The second kappa shape index (κ2) is 7.68. The van der Waals surface area contributed by atoms with Gasteiger partial charge in [-0.05, 0) is 24.1 Å². The predicted molar refractivity (Wildman–Crippen MR) is 118 cm³/mol. The zero-order chi connectivity index (χ0) is 22.6. The fourth-order valence-electron chi connectivity index (χ4n) is 5.03. The van der Waals surface area contributed by atoms with Crippen LogP contribution in [0.15, 0.2) is 18.2 Å². The van der Waals surface area contributed by atoms with Crippen LogP contribution in [0.2, 0.25) is 0 Å². The number of rotatable bonds is 5. The Morgan fingerprint density at radius 3 is 2.61 bits per heavy atom. The Labute approximate surface area is 182 Å². The van der Waals surface area contributed by atoms with Crippen LogP contribution < -0.4 is 10.1 Å². The number of nitrogens with one attached hydrogen (secondary N) is 1. The van der Waals surface area contributed by atoms with Gasteiger partial charge in [-0.1, -0.05) is 6.92 Å². The van der Waals surface area contributed by atoms with Crippen molar-refractivity contribution in [1.29, 1.82) is 0 Å². The molecule has 10 heteroatoms. The molecule has 2 aromatic rings. The molecule has 0 radical (unpaired) electrons. The molecule has 2 N–H and O–H groups in total. The summed E-state index contributed by atoms with van der Waals surface area (Å²) >= 11 is 0. The number of carbonyl (C=O) groups excluding carboxylic acids is 1. The third-order valence-electron chi connectivity index (χ3n) is 6.54. The van der Waals surface area contributed by atoms with Gasteiger partial charge < -0.3 is 24.6 Å². The highest BCUT2D eigenvalue weighted by atomic mass is 32.2. The third-order valence-corrected chi connectivity index (χ3v) is 7.73. The molecule has 2 amide bonds. The van der Waals surface area contributed by atoms with Crippen LogP contribution in [0.3, 0.4) is 0 Å². The van der Waals surface area contributed by atoms with E-state index in [9.17, 15) is 18.3 Å². The first-order valence-corrected chi connectivity index (χ1v) is 12.3. The van der Waals surface area contributed by atoms with E-state index in [0.29, 0.717) is 31.9 Å². The topological polar surface area (TPSA) is 104 Å². The molecule has 1 atom stereocenters. The normalized spacial score (nSPS) is 20.5. The molecule has 0 bridgehead atoms. The summed E-state index contributed by atoms with van der Waals surface area (Å²) in [6.45, 7) is 3.25. The van der Waals surface area contributed by atoms with E-state index in [2.05, 4.69) is 5.32 Å². The van der Waals surface area contributed by atoms with Crippen molar-refractivity contribution in [3.63, 3.8) is 0 Å². The quantitative estimate of drug-likeness (QED) is 0.712. The van der Waals surface area contributed by atoms with Crippen LogP contribution in [-0.2, 0) is 22.5 Å². The van der Waals surface area contributed by atoms with E-state index in [1.807, 2.05) is 36.7 Å². The second-order valence-electron chi connectivity index (χ2n) is 8.57. The van der Waals surface area contributed by atoms with Crippen LogP contribution in [0.5, 0.6) is 5.75 Å². The largest absolute Gasteiger partial charge is 0.497 e. The third kappa shape index (κ3) is 3.37. The number of hydrogen-bond acceptors (Lipinski definition) is 5. The number of carbonyl (C=O) groups is 1. The van der Waals surface area contributed by atoms with Crippen molar-refractivity contribution >= 4 is 27.0 Å². The maximum Gasteiger partial charge on any atom is 0.318 e. The minimum atomic E-state index is -3.33. The minimum absolute atomic E-state index is 0.223. The van der Waals surface area contributed by atoms with E-state index in [1.54, 1.807) is 12.0 Å². The number of aryl methyl sites for hydroxylation is 1. The van der Waals surface area contributed by atoms with Gasteiger partial charge in [0.15, 0.2) is 0 Å². The van der Waals surface area contributed by atoms with Crippen molar-refractivity contribution in [2.45, 2.75) is 24.8 Å². The summed E-state index contributed by atoms with van der Waals surface area (Å²) < 4.78 is 33.1. The Balaban J connectivity index is 1.90. The molecule has 0 saturated carbocycles. The van der Waals surface area contributed by atoms with E-state index in [-0.39, 0.29) is 12.6 Å². The van der Waals surface area contributed by atoms with Gasteiger partial charge in [0.1, 0.15) is 5.75 Å². The fourth-order valence-corrected chi connectivity index (χ4v) is 5.99. The molecule has 2 aliphatic rings. The van der Waals surface area contributed by atoms with Gasteiger partial charge in [-0.25, -0.2) is 17.5 Å². The number of ether oxygens (including phenoxy) is 1. The molecule has 1 aromatic heterocycles. The molecule has 1 saturated heterocycles. The molecule has 4 rings (SSSR count).